The first kappa shape index (κ1) is 12.6. The van der Waals surface area contributed by atoms with Crippen molar-refractivity contribution in [2.24, 2.45) is 0 Å². The second-order valence-corrected chi connectivity index (χ2v) is 6.06. The molecule has 108 valence electrons. The smallest absolute Gasteiger partial charge is 0.0585 e. The monoisotopic (exact) mass is 279 g/mol. The molecular weight excluding hydrogens is 258 g/mol. The standard InChI is InChI=1S/C18H21N3/c1-2-10-18(16-8-4-12-20-16,17-9-5-13-21-17)14(6-1)15-7-3-11-19-15/h3-5,7-9,11-14,19-21H,1-2,6,10H2/t14-/m0/s1. The molecule has 3 aromatic rings. The van der Waals surface area contributed by atoms with Crippen molar-refractivity contribution in [1.82, 2.24) is 15.0 Å². The molecule has 0 saturated heterocycles. The van der Waals surface area contributed by atoms with Crippen LogP contribution in [0.5, 0.6) is 0 Å². The second kappa shape index (κ2) is 4.99. The van der Waals surface area contributed by atoms with Gasteiger partial charge < -0.3 is 15.0 Å². The van der Waals surface area contributed by atoms with Crippen molar-refractivity contribution in [2.75, 3.05) is 0 Å². The molecule has 3 N–H and O–H groups in total. The summed E-state index contributed by atoms with van der Waals surface area (Å²) < 4.78 is 0. The zero-order chi connectivity index (χ0) is 14.1. The fourth-order valence-corrected chi connectivity index (χ4v) is 4.16. The van der Waals surface area contributed by atoms with Gasteiger partial charge in [-0.25, -0.2) is 0 Å². The summed E-state index contributed by atoms with van der Waals surface area (Å²) >= 11 is 0. The van der Waals surface area contributed by atoms with Gasteiger partial charge in [0.2, 0.25) is 0 Å². The van der Waals surface area contributed by atoms with Crippen LogP contribution in [0.15, 0.2) is 55.0 Å². The molecule has 0 aromatic carbocycles. The van der Waals surface area contributed by atoms with E-state index in [9.17, 15) is 0 Å². The molecule has 1 saturated carbocycles. The first-order chi connectivity index (χ1) is 10.4. The summed E-state index contributed by atoms with van der Waals surface area (Å²) in [6.07, 6.45) is 11.1. The van der Waals surface area contributed by atoms with Crippen molar-refractivity contribution in [2.45, 2.75) is 37.0 Å². The maximum atomic E-state index is 3.49. The highest BCUT2D eigenvalue weighted by Gasteiger charge is 2.46. The fraction of sp³-hybridized carbons (Fsp3) is 0.333. The van der Waals surface area contributed by atoms with Crippen LogP contribution in [0.25, 0.3) is 0 Å². The lowest BCUT2D eigenvalue weighted by Crippen LogP contribution is -2.38. The zero-order valence-electron chi connectivity index (χ0n) is 12.1. The van der Waals surface area contributed by atoms with E-state index in [1.165, 1.54) is 42.8 Å². The van der Waals surface area contributed by atoms with Crippen LogP contribution in [0.2, 0.25) is 0 Å². The van der Waals surface area contributed by atoms with Gasteiger partial charge >= 0.3 is 0 Å². The normalized spacial score (nSPS) is 21.4. The molecule has 3 heteroatoms. The van der Waals surface area contributed by atoms with Gasteiger partial charge in [0.25, 0.3) is 0 Å². The van der Waals surface area contributed by atoms with Gasteiger partial charge in [0, 0.05) is 41.6 Å². The van der Waals surface area contributed by atoms with E-state index < -0.39 is 0 Å². The molecule has 0 amide bonds. The lowest BCUT2D eigenvalue weighted by Gasteiger charge is -2.43. The Morgan fingerprint density at radius 2 is 1.48 bits per heavy atom. The third-order valence-electron chi connectivity index (χ3n) is 5.06. The molecule has 0 bridgehead atoms. The molecule has 0 spiro atoms. The quantitative estimate of drug-likeness (QED) is 0.639. The van der Waals surface area contributed by atoms with E-state index in [2.05, 4.69) is 51.4 Å². The average molecular weight is 279 g/mol. The van der Waals surface area contributed by atoms with Gasteiger partial charge in [-0.1, -0.05) is 12.8 Å². The van der Waals surface area contributed by atoms with Crippen LogP contribution in [0.4, 0.5) is 0 Å². The minimum atomic E-state index is 0.0239. The molecule has 1 aliphatic carbocycles. The first-order valence-electron chi connectivity index (χ1n) is 7.82. The van der Waals surface area contributed by atoms with Crippen LogP contribution in [0, 0.1) is 0 Å². The van der Waals surface area contributed by atoms with Crippen molar-refractivity contribution >= 4 is 0 Å². The lowest BCUT2D eigenvalue weighted by molar-refractivity contribution is 0.280. The van der Waals surface area contributed by atoms with Crippen LogP contribution in [-0.4, -0.2) is 15.0 Å². The Morgan fingerprint density at radius 3 is 2.05 bits per heavy atom. The number of aromatic nitrogens is 3. The van der Waals surface area contributed by atoms with E-state index in [0.29, 0.717) is 5.92 Å². The number of aromatic amines is 3. The highest BCUT2D eigenvalue weighted by Crippen LogP contribution is 2.51. The molecule has 0 aliphatic heterocycles. The third-order valence-corrected chi connectivity index (χ3v) is 5.06. The van der Waals surface area contributed by atoms with Gasteiger partial charge in [0.05, 0.1) is 5.41 Å². The number of hydrogen-bond donors (Lipinski definition) is 3. The molecular formula is C18H21N3. The largest absolute Gasteiger partial charge is 0.365 e. The summed E-state index contributed by atoms with van der Waals surface area (Å²) in [5.41, 5.74) is 4.02. The predicted octanol–water partition coefficient (Wildman–Crippen LogP) is 4.31. The van der Waals surface area contributed by atoms with E-state index in [0.717, 1.165) is 0 Å². The molecule has 0 unspecified atom stereocenters. The average Bonchev–Trinajstić information content (AvgIpc) is 3.29. The summed E-state index contributed by atoms with van der Waals surface area (Å²) in [6.45, 7) is 0. The highest BCUT2D eigenvalue weighted by atomic mass is 14.8. The Balaban J connectivity index is 1.91. The molecule has 1 atom stereocenters. The summed E-state index contributed by atoms with van der Waals surface area (Å²) in [7, 11) is 0. The van der Waals surface area contributed by atoms with Crippen LogP contribution >= 0.6 is 0 Å². The first-order valence-corrected chi connectivity index (χ1v) is 7.82. The van der Waals surface area contributed by atoms with Crippen molar-refractivity contribution < 1.29 is 0 Å². The SMILES string of the molecule is c1c[nH]c([C@@H]2CCCCC2(c2ccc[nH]2)c2ccc[nH]2)c1. The summed E-state index contributed by atoms with van der Waals surface area (Å²) in [6, 6.07) is 13.0. The maximum Gasteiger partial charge on any atom is 0.0585 e. The van der Waals surface area contributed by atoms with Gasteiger partial charge in [-0.2, -0.15) is 0 Å². The summed E-state index contributed by atoms with van der Waals surface area (Å²) in [5, 5.41) is 0. The van der Waals surface area contributed by atoms with Crippen LogP contribution < -0.4 is 0 Å². The number of rotatable bonds is 3. The topological polar surface area (TPSA) is 47.4 Å². The molecule has 1 aliphatic rings. The molecule has 3 nitrogen and oxygen atoms in total. The van der Waals surface area contributed by atoms with E-state index in [1.54, 1.807) is 0 Å². The van der Waals surface area contributed by atoms with E-state index in [-0.39, 0.29) is 5.41 Å². The van der Waals surface area contributed by atoms with E-state index in [1.807, 2.05) is 18.6 Å². The van der Waals surface area contributed by atoms with Crippen molar-refractivity contribution in [1.29, 1.82) is 0 Å². The fourth-order valence-electron chi connectivity index (χ4n) is 4.16. The van der Waals surface area contributed by atoms with Gasteiger partial charge in [0.15, 0.2) is 0 Å². The van der Waals surface area contributed by atoms with E-state index >= 15 is 0 Å². The van der Waals surface area contributed by atoms with Gasteiger partial charge in [-0.05, 0) is 49.2 Å². The maximum absolute atomic E-state index is 3.49. The Labute approximate surface area is 124 Å². The zero-order valence-corrected chi connectivity index (χ0v) is 12.1. The Morgan fingerprint density at radius 1 is 0.810 bits per heavy atom. The van der Waals surface area contributed by atoms with E-state index in [4.69, 9.17) is 0 Å². The van der Waals surface area contributed by atoms with Crippen LogP contribution in [0.1, 0.15) is 48.7 Å². The number of nitrogens with one attached hydrogen (secondary N) is 3. The highest BCUT2D eigenvalue weighted by molar-refractivity contribution is 5.39. The lowest BCUT2D eigenvalue weighted by atomic mass is 9.61. The molecule has 4 rings (SSSR count). The minimum Gasteiger partial charge on any atom is -0.365 e. The Bertz CT molecular complexity index is 628. The number of hydrogen-bond acceptors (Lipinski definition) is 0. The van der Waals surface area contributed by atoms with Gasteiger partial charge in [-0.15, -0.1) is 0 Å². The summed E-state index contributed by atoms with van der Waals surface area (Å²) in [4.78, 5) is 10.4. The molecule has 3 heterocycles. The third kappa shape index (κ3) is 1.88. The molecule has 3 aromatic heterocycles. The molecule has 21 heavy (non-hydrogen) atoms. The van der Waals surface area contributed by atoms with Gasteiger partial charge in [0.1, 0.15) is 0 Å². The second-order valence-electron chi connectivity index (χ2n) is 6.06. The van der Waals surface area contributed by atoms with Crippen LogP contribution in [0.3, 0.4) is 0 Å². The molecule has 1 fully saturated rings. The van der Waals surface area contributed by atoms with Crippen molar-refractivity contribution in [3.8, 4) is 0 Å². The minimum absolute atomic E-state index is 0.0239. The summed E-state index contributed by atoms with van der Waals surface area (Å²) in [5.74, 6) is 0.485. The van der Waals surface area contributed by atoms with Crippen LogP contribution in [-0.2, 0) is 5.41 Å². The van der Waals surface area contributed by atoms with Crippen molar-refractivity contribution in [3.05, 3.63) is 72.1 Å². The van der Waals surface area contributed by atoms with Gasteiger partial charge in [-0.3, -0.25) is 0 Å². The molecule has 0 radical (unpaired) electrons. The van der Waals surface area contributed by atoms with Crippen molar-refractivity contribution in [3.63, 3.8) is 0 Å². The Kier molecular flexibility index (Phi) is 2.99. The Hall–Kier alpha value is -2.16. The predicted molar refractivity (Wildman–Crippen MR) is 84.4 cm³/mol. The number of H-pyrrole nitrogens is 3.